The average Bonchev–Trinajstić information content (AvgIpc) is 2.71. The van der Waals surface area contributed by atoms with Gasteiger partial charge in [0.15, 0.2) is 0 Å². The number of thiophene rings is 1. The molecule has 0 saturated heterocycles. The predicted octanol–water partition coefficient (Wildman–Crippen LogP) is 4.21. The molecule has 0 spiro atoms. The molecule has 0 aliphatic heterocycles. The fourth-order valence-corrected chi connectivity index (χ4v) is 4.89. The van der Waals surface area contributed by atoms with Crippen LogP contribution in [0.3, 0.4) is 0 Å². The molecule has 1 heterocycles. The zero-order chi connectivity index (χ0) is 15.8. The summed E-state index contributed by atoms with van der Waals surface area (Å²) in [6.07, 6.45) is 0. The molecule has 0 saturated carbocycles. The van der Waals surface area contributed by atoms with Crippen molar-refractivity contribution in [1.29, 1.82) is 0 Å². The minimum absolute atomic E-state index is 0.00184. The molecule has 0 bridgehead atoms. The van der Waals surface area contributed by atoms with Crippen molar-refractivity contribution < 1.29 is 18.3 Å². The zero-order valence-electron chi connectivity index (χ0n) is 9.93. The number of carboxylic acids is 1. The summed E-state index contributed by atoms with van der Waals surface area (Å²) in [6.45, 7) is 0. The first-order chi connectivity index (χ1) is 9.70. The van der Waals surface area contributed by atoms with Gasteiger partial charge in [0.2, 0.25) is 0 Å². The molecular weight excluding hydrogens is 381 g/mol. The molecule has 2 rings (SSSR count). The molecule has 1 aromatic heterocycles. The highest BCUT2D eigenvalue weighted by molar-refractivity contribution is 7.93. The van der Waals surface area contributed by atoms with Gasteiger partial charge in [-0.05, 0) is 24.3 Å². The van der Waals surface area contributed by atoms with Crippen LogP contribution in [0.4, 0.5) is 5.69 Å². The van der Waals surface area contributed by atoms with Crippen LogP contribution in [-0.2, 0) is 10.0 Å². The second-order valence-corrected chi connectivity index (χ2v) is 8.14. The first kappa shape index (κ1) is 16.4. The number of aromatic carboxylic acids is 1. The Kier molecular flexibility index (Phi) is 4.69. The number of hydrogen-bond acceptors (Lipinski definition) is 4. The van der Waals surface area contributed by atoms with Crippen molar-refractivity contribution in [2.24, 2.45) is 0 Å². The van der Waals surface area contributed by atoms with E-state index in [-0.39, 0.29) is 29.8 Å². The van der Waals surface area contributed by atoms with Crippen molar-refractivity contribution in [2.45, 2.75) is 4.90 Å². The van der Waals surface area contributed by atoms with Gasteiger partial charge in [0.25, 0.3) is 10.0 Å². The number of nitrogens with one attached hydrogen (secondary N) is 1. The first-order valence-corrected chi connectivity index (χ1v) is 8.64. The lowest BCUT2D eigenvalue weighted by Crippen LogP contribution is -2.13. The van der Waals surface area contributed by atoms with Gasteiger partial charge < -0.3 is 5.11 Å². The molecule has 0 amide bonds. The van der Waals surface area contributed by atoms with Crippen LogP contribution in [0, 0.1) is 0 Å². The number of benzene rings is 1. The van der Waals surface area contributed by atoms with Gasteiger partial charge >= 0.3 is 5.97 Å². The third-order valence-electron chi connectivity index (χ3n) is 2.37. The van der Waals surface area contributed by atoms with E-state index in [9.17, 15) is 13.2 Å². The van der Waals surface area contributed by atoms with Crippen molar-refractivity contribution >= 4 is 67.8 Å². The highest BCUT2D eigenvalue weighted by Crippen LogP contribution is 2.36. The highest BCUT2D eigenvalue weighted by Gasteiger charge is 2.22. The second-order valence-electron chi connectivity index (χ2n) is 3.79. The third-order valence-corrected chi connectivity index (χ3v) is 5.82. The van der Waals surface area contributed by atoms with E-state index in [1.165, 1.54) is 18.2 Å². The van der Waals surface area contributed by atoms with E-state index in [2.05, 4.69) is 4.72 Å². The first-order valence-electron chi connectivity index (χ1n) is 5.21. The van der Waals surface area contributed by atoms with Gasteiger partial charge in [-0.15, -0.1) is 11.3 Å². The molecular formula is C11H6Cl3NO4S2. The van der Waals surface area contributed by atoms with Crippen molar-refractivity contribution in [3.05, 3.63) is 43.5 Å². The van der Waals surface area contributed by atoms with E-state index in [1.54, 1.807) is 0 Å². The van der Waals surface area contributed by atoms with Crippen molar-refractivity contribution in [3.8, 4) is 0 Å². The summed E-state index contributed by atoms with van der Waals surface area (Å²) in [5.41, 5.74) is -0.165. The monoisotopic (exact) mass is 385 g/mol. The Balaban J connectivity index is 2.43. The van der Waals surface area contributed by atoms with Crippen LogP contribution in [0.5, 0.6) is 0 Å². The number of halogens is 3. The maximum absolute atomic E-state index is 12.2. The van der Waals surface area contributed by atoms with E-state index < -0.39 is 16.0 Å². The second kappa shape index (κ2) is 6.02. The lowest BCUT2D eigenvalue weighted by molar-refractivity contribution is 0.0697. The normalized spacial score (nSPS) is 11.4. The molecule has 0 aliphatic carbocycles. The van der Waals surface area contributed by atoms with Crippen molar-refractivity contribution in [3.63, 3.8) is 0 Å². The molecule has 0 unspecified atom stereocenters. The van der Waals surface area contributed by atoms with Crippen molar-refractivity contribution in [2.75, 3.05) is 4.72 Å². The highest BCUT2D eigenvalue weighted by atomic mass is 35.5. The standard InChI is InChI=1S/C11H6Cl3NO4S2/c12-6-2-1-5(11(16)17)3-7(6)15-21(18,19)8-4-9(13)20-10(8)14/h1-4,15H,(H,16,17). The Morgan fingerprint density at radius 3 is 2.38 bits per heavy atom. The summed E-state index contributed by atoms with van der Waals surface area (Å²) < 4.78 is 26.8. The lowest BCUT2D eigenvalue weighted by Gasteiger charge is -2.09. The van der Waals surface area contributed by atoms with Gasteiger partial charge in [0.05, 0.1) is 20.6 Å². The fourth-order valence-electron chi connectivity index (χ4n) is 1.44. The van der Waals surface area contributed by atoms with Crippen LogP contribution in [0.25, 0.3) is 0 Å². The molecule has 1 aromatic carbocycles. The van der Waals surface area contributed by atoms with E-state index in [0.717, 1.165) is 17.4 Å². The molecule has 2 N–H and O–H groups in total. The Bertz CT molecular complexity index is 817. The topological polar surface area (TPSA) is 83.5 Å². The van der Waals surface area contributed by atoms with Crippen LogP contribution in [0.1, 0.15) is 10.4 Å². The number of rotatable bonds is 4. The molecule has 0 radical (unpaired) electrons. The third kappa shape index (κ3) is 3.61. The van der Waals surface area contributed by atoms with Crippen LogP contribution in [-0.4, -0.2) is 19.5 Å². The Morgan fingerprint density at radius 1 is 1.19 bits per heavy atom. The maximum Gasteiger partial charge on any atom is 0.335 e. The summed E-state index contributed by atoms with van der Waals surface area (Å²) in [5, 5.41) is 8.96. The number of hydrogen-bond donors (Lipinski definition) is 2. The minimum Gasteiger partial charge on any atom is -0.478 e. The van der Waals surface area contributed by atoms with Crippen LogP contribution >= 0.6 is 46.1 Å². The summed E-state index contributed by atoms with van der Waals surface area (Å²) in [6, 6.07) is 4.86. The van der Waals surface area contributed by atoms with Crippen LogP contribution in [0.2, 0.25) is 13.7 Å². The van der Waals surface area contributed by atoms with E-state index >= 15 is 0 Å². The Morgan fingerprint density at radius 2 is 1.86 bits per heavy atom. The molecule has 21 heavy (non-hydrogen) atoms. The Labute approximate surface area is 139 Å². The quantitative estimate of drug-likeness (QED) is 0.824. The number of carboxylic acid groups (broad SMARTS) is 1. The predicted molar refractivity (Wildman–Crippen MR) is 83.6 cm³/mol. The van der Waals surface area contributed by atoms with Gasteiger partial charge in [-0.25, -0.2) is 13.2 Å². The molecule has 2 aromatic rings. The summed E-state index contributed by atoms with van der Waals surface area (Å²) in [7, 11) is -4.02. The minimum atomic E-state index is -4.02. The maximum atomic E-state index is 12.2. The molecule has 10 heteroatoms. The summed E-state index contributed by atoms with van der Waals surface area (Å²) in [4.78, 5) is 10.7. The molecule has 112 valence electrons. The molecule has 0 atom stereocenters. The van der Waals surface area contributed by atoms with Crippen LogP contribution in [0.15, 0.2) is 29.2 Å². The number of sulfonamides is 1. The van der Waals surface area contributed by atoms with E-state index in [1.807, 2.05) is 0 Å². The number of anilines is 1. The van der Waals surface area contributed by atoms with Crippen LogP contribution < -0.4 is 4.72 Å². The fraction of sp³-hybridized carbons (Fsp3) is 0. The van der Waals surface area contributed by atoms with Gasteiger partial charge in [0, 0.05) is 0 Å². The zero-order valence-corrected chi connectivity index (χ0v) is 13.8. The van der Waals surface area contributed by atoms with E-state index in [4.69, 9.17) is 39.9 Å². The molecule has 0 fully saturated rings. The van der Waals surface area contributed by atoms with Gasteiger partial charge in [0.1, 0.15) is 9.23 Å². The van der Waals surface area contributed by atoms with Crippen molar-refractivity contribution in [1.82, 2.24) is 0 Å². The van der Waals surface area contributed by atoms with Gasteiger partial charge in [-0.3, -0.25) is 4.72 Å². The van der Waals surface area contributed by atoms with Gasteiger partial charge in [-0.1, -0.05) is 34.8 Å². The summed E-state index contributed by atoms with van der Waals surface area (Å²) in [5.74, 6) is -1.20. The average molecular weight is 387 g/mol. The van der Waals surface area contributed by atoms with Gasteiger partial charge in [-0.2, -0.15) is 0 Å². The smallest absolute Gasteiger partial charge is 0.335 e. The molecule has 5 nitrogen and oxygen atoms in total. The largest absolute Gasteiger partial charge is 0.478 e. The summed E-state index contributed by atoms with van der Waals surface area (Å²) >= 11 is 18.3. The van der Waals surface area contributed by atoms with E-state index in [0.29, 0.717) is 0 Å². The Hall–Kier alpha value is -0.990. The SMILES string of the molecule is O=C(O)c1ccc(Cl)c(NS(=O)(=O)c2cc(Cl)sc2Cl)c1. The lowest BCUT2D eigenvalue weighted by atomic mass is 10.2. The number of carbonyl (C=O) groups is 1. The molecule has 0 aliphatic rings.